The predicted octanol–water partition coefficient (Wildman–Crippen LogP) is 2.88. The Balaban J connectivity index is 1.88. The van der Waals surface area contributed by atoms with Crippen LogP contribution in [-0.4, -0.2) is 25.2 Å². The molecule has 0 saturated carbocycles. The zero-order valence-electron chi connectivity index (χ0n) is 15.3. The molecule has 0 radical (unpaired) electrons. The number of amides is 1. The van der Waals surface area contributed by atoms with E-state index in [9.17, 15) is 4.79 Å². The first-order valence-electron chi connectivity index (χ1n) is 8.07. The Bertz CT molecular complexity index is 809. The number of rotatable bonds is 5. The van der Waals surface area contributed by atoms with E-state index in [2.05, 4.69) is 16.2 Å². The van der Waals surface area contributed by atoms with Crippen molar-refractivity contribution in [2.24, 2.45) is 0 Å². The molecule has 0 aliphatic rings. The van der Waals surface area contributed by atoms with Crippen molar-refractivity contribution < 1.29 is 14.3 Å². The van der Waals surface area contributed by atoms with E-state index in [0.29, 0.717) is 16.6 Å². The Morgan fingerprint density at radius 3 is 2.42 bits per heavy atom. The fourth-order valence-electron chi connectivity index (χ4n) is 2.37. The zero-order chi connectivity index (χ0) is 19.1. The van der Waals surface area contributed by atoms with Gasteiger partial charge in [0.1, 0.15) is 0 Å². The molecule has 7 heteroatoms. The summed E-state index contributed by atoms with van der Waals surface area (Å²) in [5, 5.41) is 3.39. The van der Waals surface area contributed by atoms with E-state index in [1.807, 2.05) is 38.1 Å². The van der Waals surface area contributed by atoms with Gasteiger partial charge in [-0.3, -0.25) is 15.6 Å². The van der Waals surface area contributed by atoms with Crippen LogP contribution in [0.3, 0.4) is 0 Å². The summed E-state index contributed by atoms with van der Waals surface area (Å²) in [7, 11) is 3.12. The van der Waals surface area contributed by atoms with Crippen molar-refractivity contribution in [3.05, 3.63) is 53.1 Å². The summed E-state index contributed by atoms with van der Waals surface area (Å²) in [5.74, 6) is 0.980. The highest BCUT2D eigenvalue weighted by atomic mass is 32.1. The quantitative estimate of drug-likeness (QED) is 0.553. The Kier molecular flexibility index (Phi) is 6.80. The highest BCUT2D eigenvalue weighted by Crippen LogP contribution is 2.27. The third kappa shape index (κ3) is 5.35. The van der Waals surface area contributed by atoms with Crippen molar-refractivity contribution >= 4 is 28.9 Å². The van der Waals surface area contributed by atoms with Crippen LogP contribution in [0, 0.1) is 13.8 Å². The lowest BCUT2D eigenvalue weighted by atomic mass is 10.1. The van der Waals surface area contributed by atoms with Gasteiger partial charge in [0, 0.05) is 5.69 Å². The molecule has 6 nitrogen and oxygen atoms in total. The maximum absolute atomic E-state index is 12.1. The molecule has 0 atom stereocenters. The van der Waals surface area contributed by atoms with E-state index in [-0.39, 0.29) is 12.3 Å². The first-order valence-corrected chi connectivity index (χ1v) is 8.47. The molecule has 1 amide bonds. The fraction of sp³-hybridized carbons (Fsp3) is 0.263. The molecule has 0 aliphatic heterocycles. The summed E-state index contributed by atoms with van der Waals surface area (Å²) in [4.78, 5) is 12.1. The zero-order valence-corrected chi connectivity index (χ0v) is 16.1. The van der Waals surface area contributed by atoms with E-state index in [0.717, 1.165) is 22.4 Å². The predicted molar refractivity (Wildman–Crippen MR) is 107 cm³/mol. The van der Waals surface area contributed by atoms with Crippen LogP contribution < -0.4 is 25.6 Å². The smallest absolute Gasteiger partial charge is 0.242 e. The largest absolute Gasteiger partial charge is 0.493 e. The van der Waals surface area contributed by atoms with Crippen LogP contribution in [0.1, 0.15) is 16.7 Å². The Morgan fingerprint density at radius 2 is 1.73 bits per heavy atom. The number of hydrogen-bond donors (Lipinski definition) is 3. The van der Waals surface area contributed by atoms with Gasteiger partial charge in [0.2, 0.25) is 5.91 Å². The second kappa shape index (κ2) is 9.05. The molecule has 0 bridgehead atoms. The maximum Gasteiger partial charge on any atom is 0.242 e. The molecule has 0 spiro atoms. The number of anilines is 1. The van der Waals surface area contributed by atoms with Crippen LogP contribution in [0.4, 0.5) is 5.69 Å². The van der Waals surface area contributed by atoms with Crippen LogP contribution >= 0.6 is 12.2 Å². The Morgan fingerprint density at radius 1 is 1.00 bits per heavy atom. The van der Waals surface area contributed by atoms with Gasteiger partial charge in [0.05, 0.1) is 20.6 Å². The van der Waals surface area contributed by atoms with Gasteiger partial charge >= 0.3 is 0 Å². The van der Waals surface area contributed by atoms with Crippen LogP contribution in [-0.2, 0) is 11.2 Å². The first-order chi connectivity index (χ1) is 12.4. The lowest BCUT2D eigenvalue weighted by Crippen LogP contribution is -2.44. The topological polar surface area (TPSA) is 71.6 Å². The number of hydrogen-bond acceptors (Lipinski definition) is 4. The summed E-state index contributed by atoms with van der Waals surface area (Å²) in [6, 6.07) is 11.4. The number of carbonyl (C=O) groups excluding carboxylic acids is 1. The standard InChI is InChI=1S/C19H23N3O3S/c1-12-5-6-13(2)15(9-12)20-19(26)22-21-18(23)11-14-7-8-16(24-3)17(10-14)25-4/h5-10H,11H2,1-4H3,(H,21,23)(H2,20,22,26). The average molecular weight is 373 g/mol. The molecular formula is C19H23N3O3S. The van der Waals surface area contributed by atoms with Gasteiger partial charge in [0.25, 0.3) is 0 Å². The Labute approximate surface area is 158 Å². The summed E-state index contributed by atoms with van der Waals surface area (Å²) in [6.07, 6.45) is 0.180. The van der Waals surface area contributed by atoms with Gasteiger partial charge < -0.3 is 14.8 Å². The van der Waals surface area contributed by atoms with Crippen LogP contribution in [0.5, 0.6) is 11.5 Å². The average Bonchev–Trinajstić information content (AvgIpc) is 2.63. The fourth-order valence-corrected chi connectivity index (χ4v) is 2.53. The first kappa shape index (κ1) is 19.5. The maximum atomic E-state index is 12.1. The number of benzene rings is 2. The number of aryl methyl sites for hydroxylation is 2. The summed E-state index contributed by atoms with van der Waals surface area (Å²) < 4.78 is 10.4. The number of carbonyl (C=O) groups is 1. The lowest BCUT2D eigenvalue weighted by Gasteiger charge is -2.14. The lowest BCUT2D eigenvalue weighted by molar-refractivity contribution is -0.120. The molecule has 2 aromatic carbocycles. The number of thiocarbonyl (C=S) groups is 1. The third-order valence-electron chi connectivity index (χ3n) is 3.77. The third-order valence-corrected chi connectivity index (χ3v) is 3.97. The molecule has 26 heavy (non-hydrogen) atoms. The molecule has 0 aromatic heterocycles. The van der Waals surface area contributed by atoms with Crippen molar-refractivity contribution in [3.8, 4) is 11.5 Å². The van der Waals surface area contributed by atoms with Gasteiger partial charge in [-0.25, -0.2) is 0 Å². The summed E-state index contributed by atoms with van der Waals surface area (Å²) in [5.41, 5.74) is 9.19. The molecule has 0 heterocycles. The highest BCUT2D eigenvalue weighted by Gasteiger charge is 2.09. The molecule has 0 fully saturated rings. The molecular weight excluding hydrogens is 350 g/mol. The van der Waals surface area contributed by atoms with E-state index in [1.165, 1.54) is 0 Å². The molecule has 2 aromatic rings. The van der Waals surface area contributed by atoms with Crippen molar-refractivity contribution in [1.82, 2.24) is 10.9 Å². The molecule has 0 unspecified atom stereocenters. The SMILES string of the molecule is COc1ccc(CC(=O)NNC(=S)Nc2cc(C)ccc2C)cc1OC. The molecule has 3 N–H and O–H groups in total. The van der Waals surface area contributed by atoms with E-state index < -0.39 is 0 Å². The van der Waals surface area contributed by atoms with Crippen molar-refractivity contribution in [1.29, 1.82) is 0 Å². The second-order valence-corrected chi connectivity index (χ2v) is 6.22. The number of methoxy groups -OCH3 is 2. The molecule has 0 saturated heterocycles. The normalized spacial score (nSPS) is 10.0. The van der Waals surface area contributed by atoms with E-state index in [4.69, 9.17) is 21.7 Å². The number of ether oxygens (including phenoxy) is 2. The minimum atomic E-state index is -0.220. The van der Waals surface area contributed by atoms with Crippen LogP contribution in [0.2, 0.25) is 0 Å². The second-order valence-electron chi connectivity index (χ2n) is 5.81. The molecule has 2 rings (SSSR count). The van der Waals surface area contributed by atoms with Gasteiger partial charge in [0.15, 0.2) is 16.6 Å². The van der Waals surface area contributed by atoms with Gasteiger partial charge in [-0.15, -0.1) is 0 Å². The molecule has 0 aliphatic carbocycles. The van der Waals surface area contributed by atoms with Gasteiger partial charge in [-0.2, -0.15) is 0 Å². The van der Waals surface area contributed by atoms with Crippen LogP contribution in [0.15, 0.2) is 36.4 Å². The van der Waals surface area contributed by atoms with E-state index in [1.54, 1.807) is 26.4 Å². The minimum Gasteiger partial charge on any atom is -0.493 e. The summed E-state index contributed by atoms with van der Waals surface area (Å²) in [6.45, 7) is 3.99. The van der Waals surface area contributed by atoms with Crippen molar-refractivity contribution in [2.45, 2.75) is 20.3 Å². The molecule has 138 valence electrons. The number of hydrazine groups is 1. The van der Waals surface area contributed by atoms with Crippen LogP contribution in [0.25, 0.3) is 0 Å². The Hall–Kier alpha value is -2.80. The van der Waals surface area contributed by atoms with Gasteiger partial charge in [-0.05, 0) is 61.0 Å². The summed E-state index contributed by atoms with van der Waals surface area (Å²) >= 11 is 5.22. The van der Waals surface area contributed by atoms with Crippen molar-refractivity contribution in [3.63, 3.8) is 0 Å². The van der Waals surface area contributed by atoms with Gasteiger partial charge in [-0.1, -0.05) is 18.2 Å². The van der Waals surface area contributed by atoms with E-state index >= 15 is 0 Å². The highest BCUT2D eigenvalue weighted by molar-refractivity contribution is 7.80. The minimum absolute atomic E-state index is 0.180. The number of nitrogens with one attached hydrogen (secondary N) is 3. The van der Waals surface area contributed by atoms with Crippen molar-refractivity contribution in [2.75, 3.05) is 19.5 Å². The monoisotopic (exact) mass is 373 g/mol.